The molecule has 6 nitrogen and oxygen atoms in total. The molecule has 0 saturated heterocycles. The number of benzene rings is 1. The van der Waals surface area contributed by atoms with Crippen molar-refractivity contribution in [3.8, 4) is 0 Å². The number of hydrogen-bond donors (Lipinski definition) is 2. The van der Waals surface area contributed by atoms with Crippen LogP contribution in [0.4, 0.5) is 5.69 Å². The number of sulfonamides is 1. The summed E-state index contributed by atoms with van der Waals surface area (Å²) < 4.78 is 32.7. The predicted molar refractivity (Wildman–Crippen MR) is 106 cm³/mol. The Morgan fingerprint density at radius 3 is 2.63 bits per heavy atom. The van der Waals surface area contributed by atoms with Crippen molar-refractivity contribution >= 4 is 33.0 Å². The lowest BCUT2D eigenvalue weighted by Gasteiger charge is -2.08. The van der Waals surface area contributed by atoms with Gasteiger partial charge in [0.15, 0.2) is 0 Å². The highest BCUT2D eigenvalue weighted by molar-refractivity contribution is 7.94. The number of amides is 1. The maximum Gasteiger partial charge on any atom is 0.271 e. The van der Waals surface area contributed by atoms with E-state index >= 15 is 0 Å². The Hall–Kier alpha value is -1.90. The van der Waals surface area contributed by atoms with Crippen LogP contribution < -0.4 is 10.0 Å². The van der Waals surface area contributed by atoms with Gasteiger partial charge in [-0.05, 0) is 54.3 Å². The summed E-state index contributed by atoms with van der Waals surface area (Å²) in [5, 5.41) is 4.60. The standard InChI is InChI=1S/C19H24N2O4S2/c22-18(20-10-2-11-25-14-16-4-5-16)13-15-6-8-17(9-7-15)21-27(23,24)19-3-1-12-26-19/h1,3,6-9,12,16,21H,2,4-5,10-11,13-14H2,(H,20,22). The number of hydrogen-bond acceptors (Lipinski definition) is 5. The molecular weight excluding hydrogens is 384 g/mol. The van der Waals surface area contributed by atoms with Gasteiger partial charge in [-0.25, -0.2) is 8.42 Å². The van der Waals surface area contributed by atoms with Gasteiger partial charge in [0.25, 0.3) is 10.0 Å². The molecule has 146 valence electrons. The van der Waals surface area contributed by atoms with E-state index in [0.29, 0.717) is 18.8 Å². The molecule has 0 spiro atoms. The van der Waals surface area contributed by atoms with Gasteiger partial charge < -0.3 is 10.1 Å². The number of ether oxygens (including phenoxy) is 1. The highest BCUT2D eigenvalue weighted by Gasteiger charge is 2.20. The van der Waals surface area contributed by atoms with Gasteiger partial charge in [0.2, 0.25) is 5.91 Å². The normalized spacial score (nSPS) is 14.1. The number of carbonyl (C=O) groups is 1. The first-order valence-corrected chi connectivity index (χ1v) is 11.4. The maximum absolute atomic E-state index is 12.2. The molecule has 0 atom stereocenters. The van der Waals surface area contributed by atoms with E-state index < -0.39 is 10.0 Å². The topological polar surface area (TPSA) is 84.5 Å². The quantitative estimate of drug-likeness (QED) is 0.560. The molecule has 2 N–H and O–H groups in total. The summed E-state index contributed by atoms with van der Waals surface area (Å²) in [6, 6.07) is 10.1. The lowest BCUT2D eigenvalue weighted by molar-refractivity contribution is -0.120. The van der Waals surface area contributed by atoms with Crippen molar-refractivity contribution in [3.05, 3.63) is 47.3 Å². The maximum atomic E-state index is 12.2. The van der Waals surface area contributed by atoms with Crippen LogP contribution in [0.25, 0.3) is 0 Å². The average Bonchev–Trinajstić information content (AvgIpc) is 3.28. The first-order chi connectivity index (χ1) is 13.0. The molecule has 1 heterocycles. The second-order valence-electron chi connectivity index (χ2n) is 6.63. The fourth-order valence-corrected chi connectivity index (χ4v) is 4.55. The van der Waals surface area contributed by atoms with Crippen LogP contribution in [-0.2, 0) is 26.0 Å². The SMILES string of the molecule is O=C(Cc1ccc(NS(=O)(=O)c2cccs2)cc1)NCCCOCC1CC1. The van der Waals surface area contributed by atoms with Crippen LogP contribution in [0.3, 0.4) is 0 Å². The zero-order valence-electron chi connectivity index (χ0n) is 15.0. The van der Waals surface area contributed by atoms with E-state index in [4.69, 9.17) is 4.74 Å². The Labute approximate surface area is 164 Å². The molecule has 3 rings (SSSR count). The van der Waals surface area contributed by atoms with Crippen LogP contribution >= 0.6 is 11.3 Å². The van der Waals surface area contributed by atoms with Crippen LogP contribution in [0.15, 0.2) is 46.0 Å². The minimum atomic E-state index is -3.55. The van der Waals surface area contributed by atoms with Crippen molar-refractivity contribution in [1.82, 2.24) is 5.32 Å². The number of carbonyl (C=O) groups excluding carboxylic acids is 1. The van der Waals surface area contributed by atoms with E-state index in [-0.39, 0.29) is 16.5 Å². The largest absolute Gasteiger partial charge is 0.381 e. The number of nitrogens with one attached hydrogen (secondary N) is 2. The molecule has 27 heavy (non-hydrogen) atoms. The molecule has 2 aromatic rings. The van der Waals surface area contributed by atoms with Gasteiger partial charge in [-0.3, -0.25) is 9.52 Å². The highest BCUT2D eigenvalue weighted by Crippen LogP contribution is 2.28. The molecular formula is C19H24N2O4S2. The lowest BCUT2D eigenvalue weighted by atomic mass is 10.1. The summed E-state index contributed by atoms with van der Waals surface area (Å²) in [6.45, 7) is 2.12. The highest BCUT2D eigenvalue weighted by atomic mass is 32.2. The Morgan fingerprint density at radius 1 is 1.19 bits per heavy atom. The third-order valence-electron chi connectivity index (χ3n) is 4.17. The zero-order chi connectivity index (χ0) is 19.1. The summed E-state index contributed by atoms with van der Waals surface area (Å²) in [5.41, 5.74) is 1.30. The molecule has 1 aromatic heterocycles. The first-order valence-electron chi connectivity index (χ1n) is 9.02. The fourth-order valence-electron chi connectivity index (χ4n) is 2.50. The van der Waals surface area contributed by atoms with E-state index in [9.17, 15) is 13.2 Å². The Morgan fingerprint density at radius 2 is 1.96 bits per heavy atom. The summed E-state index contributed by atoms with van der Waals surface area (Å²) >= 11 is 1.17. The van der Waals surface area contributed by atoms with Crippen molar-refractivity contribution < 1.29 is 17.9 Å². The molecule has 8 heteroatoms. The summed E-state index contributed by atoms with van der Waals surface area (Å²) in [4.78, 5) is 12.0. The zero-order valence-corrected chi connectivity index (χ0v) is 16.7. The fraction of sp³-hybridized carbons (Fsp3) is 0.421. The molecule has 0 aliphatic heterocycles. The summed E-state index contributed by atoms with van der Waals surface area (Å²) in [5.74, 6) is 0.710. The molecule has 1 aliphatic carbocycles. The summed E-state index contributed by atoms with van der Waals surface area (Å²) in [7, 11) is -3.55. The van der Waals surface area contributed by atoms with E-state index in [2.05, 4.69) is 10.0 Å². The number of thiophene rings is 1. The van der Waals surface area contributed by atoms with Gasteiger partial charge in [0.05, 0.1) is 6.42 Å². The molecule has 1 amide bonds. The molecule has 0 unspecified atom stereocenters. The van der Waals surface area contributed by atoms with Crippen LogP contribution in [0, 0.1) is 5.92 Å². The third kappa shape index (κ3) is 6.64. The average molecular weight is 409 g/mol. The van der Waals surface area contributed by atoms with Crippen molar-refractivity contribution in [2.45, 2.75) is 29.9 Å². The van der Waals surface area contributed by atoms with Crippen molar-refractivity contribution in [2.24, 2.45) is 5.92 Å². The Kier molecular flexibility index (Phi) is 6.87. The van der Waals surface area contributed by atoms with Crippen LogP contribution in [-0.4, -0.2) is 34.1 Å². The molecule has 0 bridgehead atoms. The number of anilines is 1. The van der Waals surface area contributed by atoms with Gasteiger partial charge in [0, 0.05) is 25.4 Å². The van der Waals surface area contributed by atoms with Gasteiger partial charge in [0.1, 0.15) is 4.21 Å². The van der Waals surface area contributed by atoms with Crippen molar-refractivity contribution in [2.75, 3.05) is 24.5 Å². The first kappa shape index (κ1) is 19.9. The van der Waals surface area contributed by atoms with Gasteiger partial charge >= 0.3 is 0 Å². The van der Waals surface area contributed by atoms with Gasteiger partial charge in [-0.2, -0.15) is 0 Å². The molecule has 1 fully saturated rings. The molecule has 1 aliphatic rings. The van der Waals surface area contributed by atoms with Gasteiger partial charge in [-0.1, -0.05) is 18.2 Å². The van der Waals surface area contributed by atoms with E-state index in [1.807, 2.05) is 0 Å². The summed E-state index contributed by atoms with van der Waals surface area (Å²) in [6.07, 6.45) is 3.64. The van der Waals surface area contributed by atoms with E-state index in [1.165, 1.54) is 24.2 Å². The van der Waals surface area contributed by atoms with E-state index in [1.54, 1.807) is 41.8 Å². The molecule has 1 aromatic carbocycles. The van der Waals surface area contributed by atoms with Crippen LogP contribution in [0.2, 0.25) is 0 Å². The molecule has 1 saturated carbocycles. The van der Waals surface area contributed by atoms with Gasteiger partial charge in [-0.15, -0.1) is 11.3 Å². The monoisotopic (exact) mass is 408 g/mol. The van der Waals surface area contributed by atoms with Crippen LogP contribution in [0.5, 0.6) is 0 Å². The van der Waals surface area contributed by atoms with Crippen molar-refractivity contribution in [1.29, 1.82) is 0 Å². The van der Waals surface area contributed by atoms with E-state index in [0.717, 1.165) is 24.5 Å². The second-order valence-corrected chi connectivity index (χ2v) is 9.49. The van der Waals surface area contributed by atoms with Crippen LogP contribution in [0.1, 0.15) is 24.8 Å². The minimum absolute atomic E-state index is 0.0518. The Balaban J connectivity index is 1.38. The molecule has 0 radical (unpaired) electrons. The number of rotatable bonds is 11. The Bertz CT molecular complexity index is 829. The smallest absolute Gasteiger partial charge is 0.271 e. The predicted octanol–water partition coefficient (Wildman–Crippen LogP) is 3.02. The van der Waals surface area contributed by atoms with Crippen molar-refractivity contribution in [3.63, 3.8) is 0 Å². The second kappa shape index (κ2) is 9.34. The third-order valence-corrected chi connectivity index (χ3v) is 6.95. The minimum Gasteiger partial charge on any atom is -0.381 e. The lowest BCUT2D eigenvalue weighted by Crippen LogP contribution is -2.26.